The molecule has 1 aromatic rings. The molecule has 0 bridgehead atoms. The van der Waals surface area contributed by atoms with Crippen LogP contribution >= 0.6 is 0 Å². The van der Waals surface area contributed by atoms with Gasteiger partial charge in [-0.25, -0.2) is 13.4 Å². The number of rotatable bonds is 5. The number of anilines is 1. The van der Waals surface area contributed by atoms with Crippen LogP contribution < -0.4 is 5.73 Å². The summed E-state index contributed by atoms with van der Waals surface area (Å²) in [5, 5.41) is 0. The number of esters is 1. The van der Waals surface area contributed by atoms with Crippen molar-refractivity contribution < 1.29 is 17.9 Å². The van der Waals surface area contributed by atoms with Gasteiger partial charge in [-0.15, -0.1) is 0 Å². The minimum atomic E-state index is -3.84. The summed E-state index contributed by atoms with van der Waals surface area (Å²) in [6.45, 7) is 1.39. The van der Waals surface area contributed by atoms with E-state index in [-0.39, 0.29) is 23.8 Å². The van der Waals surface area contributed by atoms with Gasteiger partial charge in [-0.3, -0.25) is 4.79 Å². The summed E-state index contributed by atoms with van der Waals surface area (Å²) in [4.78, 5) is 14.8. The number of nitrogens with zero attached hydrogens (tertiary/aromatic N) is 2. The number of carbonyl (C=O) groups is 1. The third-order valence-corrected chi connectivity index (χ3v) is 4.27. The molecule has 1 heterocycles. The third-order valence-electron chi connectivity index (χ3n) is 2.30. The predicted molar refractivity (Wildman–Crippen MR) is 65.1 cm³/mol. The van der Waals surface area contributed by atoms with E-state index in [4.69, 9.17) is 5.73 Å². The Morgan fingerprint density at radius 1 is 1.56 bits per heavy atom. The number of nitrogen functional groups attached to an aromatic ring is 1. The van der Waals surface area contributed by atoms with E-state index in [0.717, 1.165) is 4.31 Å². The van der Waals surface area contributed by atoms with Crippen molar-refractivity contribution in [3.05, 3.63) is 18.3 Å². The molecule has 7 nitrogen and oxygen atoms in total. The fourth-order valence-corrected chi connectivity index (χ4v) is 2.80. The van der Waals surface area contributed by atoms with Crippen molar-refractivity contribution in [2.75, 3.05) is 25.9 Å². The molecule has 0 aliphatic carbocycles. The average molecular weight is 273 g/mol. The molecule has 0 spiro atoms. The Balaban J connectivity index is 3.12. The quantitative estimate of drug-likeness (QED) is 0.748. The molecule has 0 radical (unpaired) electrons. The number of ether oxygens (including phenoxy) is 1. The van der Waals surface area contributed by atoms with Crippen LogP contribution in [0.3, 0.4) is 0 Å². The summed E-state index contributed by atoms with van der Waals surface area (Å²) in [6, 6.07) is 2.81. The zero-order chi connectivity index (χ0) is 13.8. The summed E-state index contributed by atoms with van der Waals surface area (Å²) >= 11 is 0. The SMILES string of the molecule is CCN(CC(=O)OC)S(=O)(=O)c1cccnc1N. The van der Waals surface area contributed by atoms with Gasteiger partial charge in [0.2, 0.25) is 10.0 Å². The van der Waals surface area contributed by atoms with Crippen LogP contribution in [0.15, 0.2) is 23.2 Å². The van der Waals surface area contributed by atoms with Crippen molar-refractivity contribution in [1.29, 1.82) is 0 Å². The van der Waals surface area contributed by atoms with Crippen LogP contribution in [0, 0.1) is 0 Å². The first-order valence-electron chi connectivity index (χ1n) is 5.21. The molecule has 0 aliphatic rings. The molecule has 0 amide bonds. The Bertz CT molecular complexity index is 530. The zero-order valence-corrected chi connectivity index (χ0v) is 11.0. The topological polar surface area (TPSA) is 103 Å². The lowest BCUT2D eigenvalue weighted by Crippen LogP contribution is -2.36. The molecule has 18 heavy (non-hydrogen) atoms. The second-order valence-corrected chi connectivity index (χ2v) is 5.30. The summed E-state index contributed by atoms with van der Waals surface area (Å²) in [6.07, 6.45) is 1.39. The summed E-state index contributed by atoms with van der Waals surface area (Å²) in [5.74, 6) is -0.733. The maximum atomic E-state index is 12.2. The number of methoxy groups -OCH3 is 1. The number of hydrogen-bond donors (Lipinski definition) is 1. The Labute approximate surface area is 106 Å². The van der Waals surface area contributed by atoms with E-state index < -0.39 is 16.0 Å². The molecule has 1 aromatic heterocycles. The molecule has 0 aromatic carbocycles. The van der Waals surface area contributed by atoms with E-state index in [9.17, 15) is 13.2 Å². The lowest BCUT2D eigenvalue weighted by Gasteiger charge is -2.19. The highest BCUT2D eigenvalue weighted by Crippen LogP contribution is 2.19. The second-order valence-electron chi connectivity index (χ2n) is 3.39. The molecule has 100 valence electrons. The van der Waals surface area contributed by atoms with E-state index in [1.54, 1.807) is 6.92 Å². The van der Waals surface area contributed by atoms with Gasteiger partial charge in [0.05, 0.1) is 7.11 Å². The standard InChI is InChI=1S/C10H15N3O4S/c1-3-13(7-9(14)17-2)18(15,16)8-5-4-6-12-10(8)11/h4-6H,3,7H2,1-2H3,(H2,11,12). The third kappa shape index (κ3) is 2.96. The molecule has 1 rings (SSSR count). The van der Waals surface area contributed by atoms with Crippen LogP contribution in [0.2, 0.25) is 0 Å². The number of carbonyl (C=O) groups excluding carboxylic acids is 1. The summed E-state index contributed by atoms with van der Waals surface area (Å²) in [7, 11) is -2.65. The second kappa shape index (κ2) is 5.78. The van der Waals surface area contributed by atoms with Crippen molar-refractivity contribution in [3.63, 3.8) is 0 Å². The predicted octanol–water partition coefficient (Wildman–Crippen LogP) is -0.153. The molecule has 0 unspecified atom stereocenters. The Morgan fingerprint density at radius 2 is 2.22 bits per heavy atom. The maximum absolute atomic E-state index is 12.2. The Hall–Kier alpha value is -1.67. The summed E-state index contributed by atoms with van der Waals surface area (Å²) < 4.78 is 29.9. The van der Waals surface area contributed by atoms with Gasteiger partial charge in [0.1, 0.15) is 17.3 Å². The first-order valence-corrected chi connectivity index (χ1v) is 6.65. The van der Waals surface area contributed by atoms with E-state index in [2.05, 4.69) is 9.72 Å². The average Bonchev–Trinajstić information content (AvgIpc) is 2.35. The molecule has 0 aliphatic heterocycles. The van der Waals surface area contributed by atoms with E-state index in [1.807, 2.05) is 0 Å². The van der Waals surface area contributed by atoms with Crippen LogP contribution in [0.4, 0.5) is 5.82 Å². The van der Waals surface area contributed by atoms with Crippen LogP contribution in [0.25, 0.3) is 0 Å². The van der Waals surface area contributed by atoms with Crippen molar-refractivity contribution in [2.24, 2.45) is 0 Å². The van der Waals surface area contributed by atoms with E-state index in [0.29, 0.717) is 0 Å². The fraction of sp³-hybridized carbons (Fsp3) is 0.400. The number of aromatic nitrogens is 1. The first-order chi connectivity index (χ1) is 8.43. The monoisotopic (exact) mass is 273 g/mol. The molecular weight excluding hydrogens is 258 g/mol. The first kappa shape index (κ1) is 14.4. The van der Waals surface area contributed by atoms with Crippen LogP contribution in [-0.4, -0.2) is 43.9 Å². The molecular formula is C10H15N3O4S. The fourth-order valence-electron chi connectivity index (χ4n) is 1.34. The van der Waals surface area contributed by atoms with Gasteiger partial charge in [0.25, 0.3) is 0 Å². The Morgan fingerprint density at radius 3 is 2.72 bits per heavy atom. The largest absolute Gasteiger partial charge is 0.468 e. The molecule has 8 heteroatoms. The van der Waals surface area contributed by atoms with Crippen molar-refractivity contribution in [2.45, 2.75) is 11.8 Å². The number of pyridine rings is 1. The molecule has 0 atom stereocenters. The van der Waals surface area contributed by atoms with E-state index >= 15 is 0 Å². The lowest BCUT2D eigenvalue weighted by atomic mass is 10.5. The van der Waals surface area contributed by atoms with Crippen LogP contribution in [0.1, 0.15) is 6.92 Å². The highest BCUT2D eigenvalue weighted by molar-refractivity contribution is 7.89. The minimum absolute atomic E-state index is 0.0965. The van der Waals surface area contributed by atoms with Gasteiger partial charge >= 0.3 is 5.97 Å². The van der Waals surface area contributed by atoms with Crippen LogP contribution in [0.5, 0.6) is 0 Å². The van der Waals surface area contributed by atoms with Crippen molar-refractivity contribution in [1.82, 2.24) is 9.29 Å². The molecule has 2 N–H and O–H groups in total. The number of sulfonamides is 1. The number of nitrogens with two attached hydrogens (primary N) is 1. The van der Waals surface area contributed by atoms with Gasteiger partial charge in [-0.05, 0) is 12.1 Å². The van der Waals surface area contributed by atoms with Gasteiger partial charge in [0, 0.05) is 12.7 Å². The van der Waals surface area contributed by atoms with Crippen LogP contribution in [-0.2, 0) is 19.6 Å². The van der Waals surface area contributed by atoms with Gasteiger partial charge in [0.15, 0.2) is 0 Å². The highest BCUT2D eigenvalue weighted by Gasteiger charge is 2.27. The smallest absolute Gasteiger partial charge is 0.321 e. The lowest BCUT2D eigenvalue weighted by molar-refractivity contribution is -0.140. The maximum Gasteiger partial charge on any atom is 0.321 e. The normalized spacial score (nSPS) is 11.5. The minimum Gasteiger partial charge on any atom is -0.468 e. The Kier molecular flexibility index (Phi) is 4.62. The van der Waals surface area contributed by atoms with Gasteiger partial charge < -0.3 is 10.5 Å². The number of likely N-dealkylation sites (N-methyl/N-ethyl adjacent to an activating group) is 1. The molecule has 0 saturated carbocycles. The zero-order valence-electron chi connectivity index (χ0n) is 10.2. The molecule has 0 saturated heterocycles. The summed E-state index contributed by atoms with van der Waals surface area (Å²) in [5.41, 5.74) is 5.53. The molecule has 0 fully saturated rings. The van der Waals surface area contributed by atoms with Gasteiger partial charge in [-0.1, -0.05) is 6.92 Å². The van der Waals surface area contributed by atoms with Crippen molar-refractivity contribution >= 4 is 21.8 Å². The van der Waals surface area contributed by atoms with Crippen molar-refractivity contribution in [3.8, 4) is 0 Å². The van der Waals surface area contributed by atoms with Gasteiger partial charge in [-0.2, -0.15) is 4.31 Å². The highest BCUT2D eigenvalue weighted by atomic mass is 32.2. The van der Waals surface area contributed by atoms with E-state index in [1.165, 1.54) is 25.4 Å². The number of hydrogen-bond acceptors (Lipinski definition) is 6.